The van der Waals surface area contributed by atoms with Crippen molar-refractivity contribution in [3.8, 4) is 0 Å². The molecule has 1 amide bonds. The van der Waals surface area contributed by atoms with Crippen LogP contribution in [0.2, 0.25) is 0 Å². The Balaban J connectivity index is 2.31. The number of nitrogens with zero attached hydrogens (tertiary/aromatic N) is 1. The molecule has 2 aliphatic heterocycles. The van der Waals surface area contributed by atoms with Gasteiger partial charge in [0.05, 0.1) is 5.41 Å². The zero-order valence-corrected chi connectivity index (χ0v) is 15.8. The van der Waals surface area contributed by atoms with E-state index in [1.807, 2.05) is 0 Å². The highest BCUT2D eigenvalue weighted by atomic mass is 16.6. The van der Waals surface area contributed by atoms with Gasteiger partial charge in [0, 0.05) is 6.54 Å². The molecule has 0 saturated carbocycles. The lowest BCUT2D eigenvalue weighted by atomic mass is 9.72. The molecule has 0 aromatic rings. The molecule has 0 radical (unpaired) electrons. The number of esters is 1. The van der Waals surface area contributed by atoms with Gasteiger partial charge in [-0.15, -0.1) is 0 Å². The summed E-state index contributed by atoms with van der Waals surface area (Å²) in [5.74, 6) is -1.87. The summed E-state index contributed by atoms with van der Waals surface area (Å²) in [6.45, 7) is 9.93. The Morgan fingerprint density at radius 3 is 2.48 bits per heavy atom. The molecule has 2 fully saturated rings. The Morgan fingerprint density at radius 1 is 1.32 bits per heavy atom. The van der Waals surface area contributed by atoms with Gasteiger partial charge in [0.15, 0.2) is 0 Å². The third-order valence-electron chi connectivity index (χ3n) is 5.04. The quantitative estimate of drug-likeness (QED) is 0.741. The molecule has 2 aliphatic rings. The number of piperidine rings is 1. The van der Waals surface area contributed by atoms with Crippen molar-refractivity contribution in [2.45, 2.75) is 71.6 Å². The molecule has 2 saturated heterocycles. The summed E-state index contributed by atoms with van der Waals surface area (Å²) in [5, 5.41) is 12.7. The van der Waals surface area contributed by atoms with Crippen LogP contribution in [0.4, 0.5) is 0 Å². The van der Waals surface area contributed by atoms with Crippen LogP contribution in [0.1, 0.15) is 53.9 Å². The highest BCUT2D eigenvalue weighted by Crippen LogP contribution is 2.43. The first-order chi connectivity index (χ1) is 11.5. The fraction of sp³-hybridized carbons (Fsp3) is 0.833. The highest BCUT2D eigenvalue weighted by Gasteiger charge is 2.57. The van der Waals surface area contributed by atoms with Crippen molar-refractivity contribution in [3.05, 3.63) is 0 Å². The number of carboxylic acid groups (broad SMARTS) is 1. The van der Waals surface area contributed by atoms with Crippen molar-refractivity contribution in [3.63, 3.8) is 0 Å². The second-order valence-electron chi connectivity index (χ2n) is 8.46. The van der Waals surface area contributed by atoms with Crippen molar-refractivity contribution >= 4 is 17.8 Å². The van der Waals surface area contributed by atoms with Gasteiger partial charge in [-0.1, -0.05) is 13.8 Å². The van der Waals surface area contributed by atoms with E-state index >= 15 is 0 Å². The minimum Gasteiger partial charge on any atom is -0.480 e. The lowest BCUT2D eigenvalue weighted by Crippen LogP contribution is -2.61. The summed E-state index contributed by atoms with van der Waals surface area (Å²) in [6, 6.07) is -1.59. The maximum atomic E-state index is 13.3. The first kappa shape index (κ1) is 19.7. The minimum absolute atomic E-state index is 0.203. The van der Waals surface area contributed by atoms with Crippen LogP contribution in [0.15, 0.2) is 0 Å². The van der Waals surface area contributed by atoms with Crippen molar-refractivity contribution in [2.75, 3.05) is 13.1 Å². The number of ether oxygens (including phenoxy) is 1. The summed E-state index contributed by atoms with van der Waals surface area (Å²) in [4.78, 5) is 39.1. The third-order valence-corrected chi connectivity index (χ3v) is 5.04. The molecule has 1 spiro atoms. The van der Waals surface area contributed by atoms with Gasteiger partial charge < -0.3 is 20.1 Å². The van der Waals surface area contributed by atoms with E-state index in [0.717, 1.165) is 0 Å². The Morgan fingerprint density at radius 2 is 1.96 bits per heavy atom. The summed E-state index contributed by atoms with van der Waals surface area (Å²) in [6.07, 6.45) is 1.78. The maximum Gasteiger partial charge on any atom is 0.326 e. The van der Waals surface area contributed by atoms with Gasteiger partial charge in [0.25, 0.3) is 0 Å². The van der Waals surface area contributed by atoms with Crippen molar-refractivity contribution in [2.24, 2.45) is 11.3 Å². The van der Waals surface area contributed by atoms with E-state index in [1.165, 1.54) is 4.90 Å². The van der Waals surface area contributed by atoms with Crippen LogP contribution >= 0.6 is 0 Å². The van der Waals surface area contributed by atoms with Gasteiger partial charge in [0.2, 0.25) is 5.91 Å². The number of rotatable bonds is 4. The molecule has 7 heteroatoms. The number of hydrogen-bond donors (Lipinski definition) is 2. The van der Waals surface area contributed by atoms with E-state index < -0.39 is 35.0 Å². The Kier molecular flexibility index (Phi) is 5.47. The molecule has 7 nitrogen and oxygen atoms in total. The normalized spacial score (nSPS) is 28.5. The number of likely N-dealkylation sites (tertiary alicyclic amines) is 1. The van der Waals surface area contributed by atoms with E-state index in [2.05, 4.69) is 5.32 Å². The summed E-state index contributed by atoms with van der Waals surface area (Å²) < 4.78 is 5.50. The van der Waals surface area contributed by atoms with Crippen LogP contribution < -0.4 is 5.32 Å². The Labute approximate surface area is 149 Å². The molecule has 25 heavy (non-hydrogen) atoms. The molecular formula is C18H30N2O5. The van der Waals surface area contributed by atoms with Crippen molar-refractivity contribution in [1.29, 1.82) is 0 Å². The number of nitrogens with one attached hydrogen (secondary N) is 1. The van der Waals surface area contributed by atoms with Crippen molar-refractivity contribution < 1.29 is 24.2 Å². The maximum absolute atomic E-state index is 13.3. The van der Waals surface area contributed by atoms with Gasteiger partial charge >= 0.3 is 11.9 Å². The lowest BCUT2D eigenvalue weighted by molar-refractivity contribution is -0.170. The van der Waals surface area contributed by atoms with Crippen molar-refractivity contribution in [1.82, 2.24) is 10.2 Å². The first-order valence-corrected chi connectivity index (χ1v) is 9.00. The average Bonchev–Trinajstić information content (AvgIpc) is 2.86. The minimum atomic E-state index is -1.000. The Bertz CT molecular complexity index is 554. The SMILES string of the molecule is CC(C)C(C(=O)O)N1CCCC2(CCNC2C(=O)OC(C)(C)C)C1=O. The molecular weight excluding hydrogens is 324 g/mol. The number of carboxylic acids is 1. The van der Waals surface area contributed by atoms with E-state index in [1.54, 1.807) is 34.6 Å². The second-order valence-corrected chi connectivity index (χ2v) is 8.46. The monoisotopic (exact) mass is 354 g/mol. The lowest BCUT2D eigenvalue weighted by Gasteiger charge is -2.44. The van der Waals surface area contributed by atoms with Crippen LogP contribution in [-0.4, -0.2) is 58.6 Å². The van der Waals surface area contributed by atoms with Gasteiger partial charge in [-0.05, 0) is 52.5 Å². The van der Waals surface area contributed by atoms with E-state index in [0.29, 0.717) is 32.4 Å². The van der Waals surface area contributed by atoms with Gasteiger partial charge in [-0.2, -0.15) is 0 Å². The van der Waals surface area contributed by atoms with Crippen LogP contribution in [-0.2, 0) is 19.1 Å². The first-order valence-electron chi connectivity index (χ1n) is 9.00. The second kappa shape index (κ2) is 6.94. The van der Waals surface area contributed by atoms with Crippen LogP contribution in [0.3, 0.4) is 0 Å². The highest BCUT2D eigenvalue weighted by molar-refractivity contribution is 5.94. The van der Waals surface area contributed by atoms with E-state index in [9.17, 15) is 19.5 Å². The Hall–Kier alpha value is -1.63. The fourth-order valence-corrected chi connectivity index (χ4v) is 4.05. The summed E-state index contributed by atoms with van der Waals surface area (Å²) in [7, 11) is 0. The molecule has 3 atom stereocenters. The molecule has 0 aliphatic carbocycles. The molecule has 2 heterocycles. The van der Waals surface area contributed by atoms with E-state index in [4.69, 9.17) is 4.74 Å². The van der Waals surface area contributed by atoms with Gasteiger partial charge in [0.1, 0.15) is 17.7 Å². The van der Waals surface area contributed by atoms with Crippen LogP contribution in [0.25, 0.3) is 0 Å². The number of carbonyl (C=O) groups is 3. The number of hydrogen-bond acceptors (Lipinski definition) is 5. The molecule has 0 aromatic carbocycles. The average molecular weight is 354 g/mol. The number of carbonyl (C=O) groups excluding carboxylic acids is 2. The van der Waals surface area contributed by atoms with Gasteiger partial charge in [-0.25, -0.2) is 4.79 Å². The predicted molar refractivity (Wildman–Crippen MR) is 91.9 cm³/mol. The predicted octanol–water partition coefficient (Wildman–Crippen LogP) is 1.41. The zero-order chi connectivity index (χ0) is 19.0. The molecule has 2 N–H and O–H groups in total. The molecule has 0 aromatic heterocycles. The van der Waals surface area contributed by atoms with Gasteiger partial charge in [-0.3, -0.25) is 9.59 Å². The topological polar surface area (TPSA) is 95.9 Å². The number of aliphatic carboxylic acids is 1. The molecule has 3 unspecified atom stereocenters. The van der Waals surface area contributed by atoms with Crippen LogP contribution in [0, 0.1) is 11.3 Å². The smallest absolute Gasteiger partial charge is 0.326 e. The molecule has 142 valence electrons. The van der Waals surface area contributed by atoms with E-state index in [-0.39, 0.29) is 11.8 Å². The zero-order valence-electron chi connectivity index (χ0n) is 15.8. The molecule has 2 rings (SSSR count). The summed E-state index contributed by atoms with van der Waals surface area (Å²) in [5.41, 5.74) is -1.54. The third kappa shape index (κ3) is 3.81. The summed E-state index contributed by atoms with van der Waals surface area (Å²) >= 11 is 0. The molecule has 0 bridgehead atoms. The van der Waals surface area contributed by atoms with Crippen LogP contribution in [0.5, 0.6) is 0 Å². The largest absolute Gasteiger partial charge is 0.480 e. The number of amides is 1. The fourth-order valence-electron chi connectivity index (χ4n) is 4.05. The standard InChI is InChI=1S/C18H30N2O5/c1-11(2)12(14(21)22)20-10-6-7-18(16(20)24)8-9-19-13(18)15(23)25-17(3,4)5/h11-13,19H,6-10H2,1-5H3,(H,21,22).